The molecule has 0 bridgehead atoms. The van der Waals surface area contributed by atoms with E-state index >= 15 is 0 Å². The summed E-state index contributed by atoms with van der Waals surface area (Å²) in [6.45, 7) is 3.96. The summed E-state index contributed by atoms with van der Waals surface area (Å²) >= 11 is 0. The van der Waals surface area contributed by atoms with Crippen molar-refractivity contribution >= 4 is 5.97 Å². The van der Waals surface area contributed by atoms with E-state index in [-0.39, 0.29) is 18.5 Å². The van der Waals surface area contributed by atoms with E-state index in [9.17, 15) is 9.90 Å². The number of aliphatic hydroxyl groups excluding tert-OH is 1. The van der Waals surface area contributed by atoms with Gasteiger partial charge in [0.25, 0.3) is 0 Å². The number of hydrogen-bond acceptors (Lipinski definition) is 3. The van der Waals surface area contributed by atoms with Gasteiger partial charge in [0.1, 0.15) is 6.10 Å². The monoisotopic (exact) mass is 158 g/mol. The summed E-state index contributed by atoms with van der Waals surface area (Å²) in [5.41, 5.74) is 0. The number of cyclic esters (lactones) is 1. The van der Waals surface area contributed by atoms with Crippen LogP contribution in [0.15, 0.2) is 0 Å². The van der Waals surface area contributed by atoms with Crippen LogP contribution in [0.25, 0.3) is 0 Å². The van der Waals surface area contributed by atoms with Crippen molar-refractivity contribution in [1.29, 1.82) is 0 Å². The molecule has 3 nitrogen and oxygen atoms in total. The van der Waals surface area contributed by atoms with E-state index in [2.05, 4.69) is 0 Å². The largest absolute Gasteiger partial charge is 0.462 e. The molecule has 0 unspecified atom stereocenters. The zero-order valence-corrected chi connectivity index (χ0v) is 6.91. The van der Waals surface area contributed by atoms with Crippen LogP contribution in [0.3, 0.4) is 0 Å². The molecule has 0 saturated carbocycles. The van der Waals surface area contributed by atoms with Gasteiger partial charge < -0.3 is 9.84 Å². The fourth-order valence-electron chi connectivity index (χ4n) is 1.22. The summed E-state index contributed by atoms with van der Waals surface area (Å²) in [5.74, 6) is 0.0244. The Morgan fingerprint density at radius 1 is 1.64 bits per heavy atom. The Bertz CT molecular complexity index is 153. The molecule has 1 N–H and O–H groups in total. The SMILES string of the molecule is CC(C)[C@H]1C[C@H](O)CC(=O)O1. The van der Waals surface area contributed by atoms with Crippen LogP contribution in [-0.2, 0) is 9.53 Å². The van der Waals surface area contributed by atoms with Crippen molar-refractivity contribution in [3.05, 3.63) is 0 Å². The molecule has 1 fully saturated rings. The van der Waals surface area contributed by atoms with Crippen molar-refractivity contribution in [2.75, 3.05) is 0 Å². The van der Waals surface area contributed by atoms with Gasteiger partial charge in [0.05, 0.1) is 12.5 Å². The van der Waals surface area contributed by atoms with E-state index in [1.165, 1.54) is 0 Å². The maximum absolute atomic E-state index is 10.8. The van der Waals surface area contributed by atoms with E-state index in [0.29, 0.717) is 12.3 Å². The van der Waals surface area contributed by atoms with Gasteiger partial charge in [-0.3, -0.25) is 4.79 Å². The predicted molar refractivity (Wildman–Crippen MR) is 40.0 cm³/mol. The summed E-state index contributed by atoms with van der Waals surface area (Å²) < 4.78 is 5.02. The average molecular weight is 158 g/mol. The summed E-state index contributed by atoms with van der Waals surface area (Å²) in [4.78, 5) is 10.8. The third-order valence-electron chi connectivity index (χ3n) is 1.93. The maximum atomic E-state index is 10.8. The second-order valence-electron chi connectivity index (χ2n) is 3.37. The van der Waals surface area contributed by atoms with Crippen molar-refractivity contribution in [1.82, 2.24) is 0 Å². The number of rotatable bonds is 1. The van der Waals surface area contributed by atoms with E-state index in [1.54, 1.807) is 0 Å². The lowest BCUT2D eigenvalue weighted by Crippen LogP contribution is -2.35. The molecule has 2 atom stereocenters. The van der Waals surface area contributed by atoms with Crippen LogP contribution >= 0.6 is 0 Å². The Labute approximate surface area is 66.4 Å². The molecule has 64 valence electrons. The van der Waals surface area contributed by atoms with Crippen LogP contribution < -0.4 is 0 Å². The van der Waals surface area contributed by atoms with Crippen LogP contribution in [0.1, 0.15) is 26.7 Å². The molecule has 3 heteroatoms. The zero-order chi connectivity index (χ0) is 8.43. The number of ether oxygens (including phenoxy) is 1. The number of carbonyl (C=O) groups excluding carboxylic acids is 1. The third-order valence-corrected chi connectivity index (χ3v) is 1.93. The van der Waals surface area contributed by atoms with Gasteiger partial charge in [-0.05, 0) is 5.92 Å². The molecule has 1 aliphatic heterocycles. The smallest absolute Gasteiger partial charge is 0.308 e. The summed E-state index contributed by atoms with van der Waals surface area (Å²) in [6.07, 6.45) is 0.155. The van der Waals surface area contributed by atoms with Crippen molar-refractivity contribution in [3.63, 3.8) is 0 Å². The number of aliphatic hydroxyl groups is 1. The number of hydrogen-bond donors (Lipinski definition) is 1. The summed E-state index contributed by atoms with van der Waals surface area (Å²) in [7, 11) is 0. The Kier molecular flexibility index (Phi) is 2.49. The Balaban J connectivity index is 2.49. The van der Waals surface area contributed by atoms with Crippen molar-refractivity contribution in [3.8, 4) is 0 Å². The molecule has 1 heterocycles. The number of esters is 1. The average Bonchev–Trinajstić information content (AvgIpc) is 1.85. The van der Waals surface area contributed by atoms with Gasteiger partial charge in [-0.2, -0.15) is 0 Å². The zero-order valence-electron chi connectivity index (χ0n) is 6.91. The van der Waals surface area contributed by atoms with Crippen LogP contribution in [0.4, 0.5) is 0 Å². The highest BCUT2D eigenvalue weighted by molar-refractivity contribution is 5.70. The van der Waals surface area contributed by atoms with E-state index in [4.69, 9.17) is 4.74 Å². The molecule has 1 saturated heterocycles. The second kappa shape index (κ2) is 3.22. The van der Waals surface area contributed by atoms with E-state index in [0.717, 1.165) is 0 Å². The predicted octanol–water partition coefficient (Wildman–Crippen LogP) is 0.709. The van der Waals surface area contributed by atoms with Gasteiger partial charge in [0.2, 0.25) is 0 Å². The quantitative estimate of drug-likeness (QED) is 0.572. The van der Waals surface area contributed by atoms with Gasteiger partial charge in [-0.25, -0.2) is 0 Å². The molecule has 0 radical (unpaired) electrons. The van der Waals surface area contributed by atoms with Gasteiger partial charge in [-0.15, -0.1) is 0 Å². The van der Waals surface area contributed by atoms with Gasteiger partial charge in [-0.1, -0.05) is 13.8 Å². The highest BCUT2D eigenvalue weighted by Crippen LogP contribution is 2.20. The molecule has 1 rings (SSSR count). The lowest BCUT2D eigenvalue weighted by molar-refractivity contribution is -0.163. The second-order valence-corrected chi connectivity index (χ2v) is 3.37. The summed E-state index contributed by atoms with van der Waals surface area (Å²) in [6, 6.07) is 0. The van der Waals surface area contributed by atoms with E-state index in [1.807, 2.05) is 13.8 Å². The molecular formula is C8H14O3. The first-order chi connectivity index (χ1) is 5.09. The molecule has 11 heavy (non-hydrogen) atoms. The highest BCUT2D eigenvalue weighted by Gasteiger charge is 2.28. The minimum atomic E-state index is -0.497. The molecule has 0 aromatic heterocycles. The van der Waals surface area contributed by atoms with Crippen LogP contribution in [0.2, 0.25) is 0 Å². The Hall–Kier alpha value is -0.570. The summed E-state index contributed by atoms with van der Waals surface area (Å²) in [5, 5.41) is 9.20. The lowest BCUT2D eigenvalue weighted by atomic mass is 9.97. The maximum Gasteiger partial charge on any atom is 0.308 e. The first kappa shape index (κ1) is 8.53. The van der Waals surface area contributed by atoms with Crippen LogP contribution in [0, 0.1) is 5.92 Å². The minimum absolute atomic E-state index is 0.0914. The van der Waals surface area contributed by atoms with Crippen LogP contribution in [-0.4, -0.2) is 23.3 Å². The molecular weight excluding hydrogens is 144 g/mol. The first-order valence-corrected chi connectivity index (χ1v) is 3.97. The molecule has 0 aromatic carbocycles. The molecule has 0 aromatic rings. The van der Waals surface area contributed by atoms with Crippen molar-refractivity contribution in [2.45, 2.75) is 38.9 Å². The lowest BCUT2D eigenvalue weighted by Gasteiger charge is -2.28. The first-order valence-electron chi connectivity index (χ1n) is 3.97. The normalized spacial score (nSPS) is 32.2. The van der Waals surface area contributed by atoms with Crippen molar-refractivity contribution in [2.24, 2.45) is 5.92 Å². The fourth-order valence-corrected chi connectivity index (χ4v) is 1.22. The molecule has 0 spiro atoms. The van der Waals surface area contributed by atoms with Gasteiger partial charge in [0.15, 0.2) is 0 Å². The molecule has 0 amide bonds. The molecule has 0 aliphatic carbocycles. The number of carbonyl (C=O) groups is 1. The van der Waals surface area contributed by atoms with Gasteiger partial charge in [0, 0.05) is 6.42 Å². The topological polar surface area (TPSA) is 46.5 Å². The van der Waals surface area contributed by atoms with Crippen LogP contribution in [0.5, 0.6) is 0 Å². The van der Waals surface area contributed by atoms with E-state index < -0.39 is 6.10 Å². The van der Waals surface area contributed by atoms with Crippen molar-refractivity contribution < 1.29 is 14.6 Å². The standard InChI is InChI=1S/C8H14O3/c1-5(2)7-3-6(9)4-8(10)11-7/h5-7,9H,3-4H2,1-2H3/t6-,7+/m0/s1. The minimum Gasteiger partial charge on any atom is -0.462 e. The Morgan fingerprint density at radius 2 is 2.27 bits per heavy atom. The Morgan fingerprint density at radius 3 is 2.73 bits per heavy atom. The highest BCUT2D eigenvalue weighted by atomic mass is 16.5. The van der Waals surface area contributed by atoms with Gasteiger partial charge >= 0.3 is 5.97 Å². The fraction of sp³-hybridized carbons (Fsp3) is 0.875. The third kappa shape index (κ3) is 2.19. The molecule has 1 aliphatic rings.